The van der Waals surface area contributed by atoms with Gasteiger partial charge in [-0.1, -0.05) is 13.0 Å². The van der Waals surface area contributed by atoms with Crippen molar-refractivity contribution in [2.45, 2.75) is 6.92 Å². The van der Waals surface area contributed by atoms with Gasteiger partial charge in [0.05, 0.1) is 0 Å². The Hall–Kier alpha value is -1.79. The second-order valence-corrected chi connectivity index (χ2v) is 4.02. The van der Waals surface area contributed by atoms with E-state index in [2.05, 4.69) is 16.0 Å². The lowest BCUT2D eigenvalue weighted by Crippen LogP contribution is -2.28. The molecular weight excluding hydrogens is 268 g/mol. The quantitative estimate of drug-likeness (QED) is 0.658. The molecule has 0 heterocycles. The van der Waals surface area contributed by atoms with E-state index >= 15 is 0 Å². The average Bonchev–Trinajstić information content (AvgIpc) is 2.28. The maximum Gasteiger partial charge on any atom is 0.316 e. The molecule has 0 aliphatic carbocycles. The molecule has 0 fully saturated rings. The maximum atomic E-state index is 11.8. The first-order valence-electron chi connectivity index (χ1n) is 5.65. The number of carbonyl (C=O) groups excluding carboxylic acids is 2. The Bertz CT molecular complexity index is 439. The second-order valence-electron chi connectivity index (χ2n) is 4.02. The maximum absolute atomic E-state index is 11.8. The van der Waals surface area contributed by atoms with Gasteiger partial charge in [-0.2, -0.15) is 0 Å². The number of rotatable bonds is 5. The summed E-state index contributed by atoms with van der Waals surface area (Å²) in [4.78, 5) is 22.5. The van der Waals surface area contributed by atoms with E-state index in [1.54, 1.807) is 31.3 Å². The van der Waals surface area contributed by atoms with Crippen molar-refractivity contribution < 1.29 is 9.59 Å². The highest BCUT2D eigenvalue weighted by molar-refractivity contribution is 5.94. The van der Waals surface area contributed by atoms with Crippen molar-refractivity contribution in [1.82, 2.24) is 5.32 Å². The molecule has 6 nitrogen and oxygen atoms in total. The zero-order valence-corrected chi connectivity index (χ0v) is 11.7. The molecular formula is C12H19ClN4O2. The fourth-order valence-corrected chi connectivity index (χ4v) is 1.48. The normalized spacial score (nSPS) is 11.1. The van der Waals surface area contributed by atoms with Crippen LogP contribution in [0.25, 0.3) is 0 Å². The van der Waals surface area contributed by atoms with E-state index in [1.807, 2.05) is 6.92 Å². The Morgan fingerprint density at radius 2 is 1.84 bits per heavy atom. The Morgan fingerprint density at radius 1 is 1.26 bits per heavy atom. The van der Waals surface area contributed by atoms with Crippen LogP contribution in [0.5, 0.6) is 0 Å². The number of benzene rings is 1. The van der Waals surface area contributed by atoms with E-state index in [-0.39, 0.29) is 24.2 Å². The highest BCUT2D eigenvalue weighted by Gasteiger charge is 2.11. The first-order chi connectivity index (χ1) is 8.52. The van der Waals surface area contributed by atoms with Crippen molar-refractivity contribution in [1.29, 1.82) is 0 Å². The minimum absolute atomic E-state index is 0. The largest absolute Gasteiger partial charge is 0.351 e. The highest BCUT2D eigenvalue weighted by atomic mass is 35.5. The van der Waals surface area contributed by atoms with Crippen LogP contribution >= 0.6 is 12.4 Å². The van der Waals surface area contributed by atoms with E-state index < -0.39 is 6.03 Å². The number of carbonyl (C=O) groups is 2. The summed E-state index contributed by atoms with van der Waals surface area (Å²) in [6.45, 7) is 2.43. The van der Waals surface area contributed by atoms with Crippen molar-refractivity contribution in [2.24, 2.45) is 11.7 Å². The van der Waals surface area contributed by atoms with Crippen LogP contribution in [0.15, 0.2) is 24.3 Å². The predicted octanol–water partition coefficient (Wildman–Crippen LogP) is 1.39. The molecule has 5 N–H and O–H groups in total. The Morgan fingerprint density at radius 3 is 2.37 bits per heavy atom. The topological polar surface area (TPSA) is 96.2 Å². The SMILES string of the molecule is CNCC(C)C(=O)Nc1cccc(NC(N)=O)c1.Cl. The van der Waals surface area contributed by atoms with Gasteiger partial charge in [-0.25, -0.2) is 4.79 Å². The molecule has 0 radical (unpaired) electrons. The molecule has 3 amide bonds. The van der Waals surface area contributed by atoms with Crippen LogP contribution in [-0.4, -0.2) is 25.5 Å². The molecule has 0 aliphatic heterocycles. The molecule has 1 rings (SSSR count). The van der Waals surface area contributed by atoms with E-state index in [0.717, 1.165) is 0 Å². The summed E-state index contributed by atoms with van der Waals surface area (Å²) in [5, 5.41) is 8.15. The number of hydrogen-bond donors (Lipinski definition) is 4. The standard InChI is InChI=1S/C12H18N4O2.ClH/c1-8(7-14-2)11(17)15-9-4-3-5-10(6-9)16-12(13)18;/h3-6,8,14H,7H2,1-2H3,(H,15,17)(H3,13,16,18);1H. The molecule has 7 heteroatoms. The van der Waals surface area contributed by atoms with Gasteiger partial charge in [-0.05, 0) is 25.2 Å². The van der Waals surface area contributed by atoms with E-state index in [1.165, 1.54) is 0 Å². The van der Waals surface area contributed by atoms with Gasteiger partial charge in [-0.15, -0.1) is 12.4 Å². The van der Waals surface area contributed by atoms with Gasteiger partial charge >= 0.3 is 6.03 Å². The number of primary amides is 1. The lowest BCUT2D eigenvalue weighted by molar-refractivity contribution is -0.119. The monoisotopic (exact) mass is 286 g/mol. The molecule has 0 saturated carbocycles. The Kier molecular flexibility index (Phi) is 7.55. The van der Waals surface area contributed by atoms with Crippen molar-refractivity contribution >= 4 is 35.7 Å². The average molecular weight is 287 g/mol. The fourth-order valence-electron chi connectivity index (χ4n) is 1.48. The number of anilines is 2. The first-order valence-corrected chi connectivity index (χ1v) is 5.65. The van der Waals surface area contributed by atoms with Crippen LogP contribution in [0, 0.1) is 5.92 Å². The number of nitrogens with two attached hydrogens (primary N) is 1. The molecule has 1 aromatic carbocycles. The van der Waals surface area contributed by atoms with Gasteiger partial charge in [0.25, 0.3) is 0 Å². The summed E-state index contributed by atoms with van der Waals surface area (Å²) in [6, 6.07) is 6.17. The van der Waals surface area contributed by atoms with Crippen LogP contribution in [0.4, 0.5) is 16.2 Å². The van der Waals surface area contributed by atoms with Crippen molar-refractivity contribution in [3.8, 4) is 0 Å². The molecule has 0 saturated heterocycles. The second kappa shape index (κ2) is 8.34. The summed E-state index contributed by atoms with van der Waals surface area (Å²) in [6.07, 6.45) is 0. The van der Waals surface area contributed by atoms with E-state index in [9.17, 15) is 9.59 Å². The summed E-state index contributed by atoms with van der Waals surface area (Å²) in [5.41, 5.74) is 6.18. The summed E-state index contributed by atoms with van der Waals surface area (Å²) in [5.74, 6) is -0.219. The summed E-state index contributed by atoms with van der Waals surface area (Å²) in [7, 11) is 1.79. The Labute approximate surface area is 118 Å². The minimum atomic E-state index is -0.637. The van der Waals surface area contributed by atoms with Gasteiger partial charge in [0, 0.05) is 23.8 Å². The smallest absolute Gasteiger partial charge is 0.316 e. The molecule has 1 unspecified atom stereocenters. The van der Waals surface area contributed by atoms with Crippen LogP contribution in [0.1, 0.15) is 6.92 Å². The third-order valence-corrected chi connectivity index (χ3v) is 2.36. The van der Waals surface area contributed by atoms with E-state index in [0.29, 0.717) is 17.9 Å². The first kappa shape index (κ1) is 17.2. The highest BCUT2D eigenvalue weighted by Crippen LogP contribution is 2.15. The van der Waals surface area contributed by atoms with Gasteiger partial charge in [0.2, 0.25) is 5.91 Å². The zero-order chi connectivity index (χ0) is 13.5. The van der Waals surface area contributed by atoms with Gasteiger partial charge < -0.3 is 21.7 Å². The van der Waals surface area contributed by atoms with Crippen LogP contribution < -0.4 is 21.7 Å². The third-order valence-electron chi connectivity index (χ3n) is 2.36. The van der Waals surface area contributed by atoms with Crippen molar-refractivity contribution in [3.63, 3.8) is 0 Å². The van der Waals surface area contributed by atoms with Crippen molar-refractivity contribution in [3.05, 3.63) is 24.3 Å². The molecule has 0 bridgehead atoms. The molecule has 0 aliphatic rings. The van der Waals surface area contributed by atoms with Gasteiger partial charge in [0.1, 0.15) is 0 Å². The molecule has 1 atom stereocenters. The molecule has 106 valence electrons. The van der Waals surface area contributed by atoms with Crippen molar-refractivity contribution in [2.75, 3.05) is 24.2 Å². The summed E-state index contributed by atoms with van der Waals surface area (Å²) < 4.78 is 0. The van der Waals surface area contributed by atoms with Crippen LogP contribution in [-0.2, 0) is 4.79 Å². The predicted molar refractivity (Wildman–Crippen MR) is 78.6 cm³/mol. The zero-order valence-electron chi connectivity index (χ0n) is 10.9. The number of hydrogen-bond acceptors (Lipinski definition) is 3. The van der Waals surface area contributed by atoms with E-state index in [4.69, 9.17) is 5.73 Å². The lowest BCUT2D eigenvalue weighted by Gasteiger charge is -2.12. The Balaban J connectivity index is 0.00000324. The van der Waals surface area contributed by atoms with Gasteiger partial charge in [-0.3, -0.25) is 4.79 Å². The van der Waals surface area contributed by atoms with Gasteiger partial charge in [0.15, 0.2) is 0 Å². The summed E-state index contributed by atoms with van der Waals surface area (Å²) >= 11 is 0. The number of amides is 3. The van der Waals surface area contributed by atoms with Crippen LogP contribution in [0.3, 0.4) is 0 Å². The molecule has 0 spiro atoms. The lowest BCUT2D eigenvalue weighted by atomic mass is 10.1. The molecule has 19 heavy (non-hydrogen) atoms. The third kappa shape index (κ3) is 6.08. The number of urea groups is 1. The molecule has 1 aromatic rings. The fraction of sp³-hybridized carbons (Fsp3) is 0.333. The minimum Gasteiger partial charge on any atom is -0.351 e. The number of nitrogens with one attached hydrogen (secondary N) is 3. The molecule has 0 aromatic heterocycles. The number of halogens is 1. The van der Waals surface area contributed by atoms with Crippen LogP contribution in [0.2, 0.25) is 0 Å².